The van der Waals surface area contributed by atoms with E-state index < -0.39 is 0 Å². The molecule has 0 saturated carbocycles. The lowest BCUT2D eigenvalue weighted by molar-refractivity contribution is 1.29. The molecule has 0 amide bonds. The number of nitrogens with zero attached hydrogens (tertiary/aromatic N) is 1. The summed E-state index contributed by atoms with van der Waals surface area (Å²) in [6, 6.07) is 9.21. The number of benzene rings is 1. The average Bonchev–Trinajstić information content (AvgIpc) is 2.20. The summed E-state index contributed by atoms with van der Waals surface area (Å²) < 4.78 is 0. The number of hydrogen-bond acceptors (Lipinski definition) is 3. The number of hydrogen-bond donors (Lipinski definition) is 2. The van der Waals surface area contributed by atoms with Crippen LogP contribution in [0.2, 0.25) is 5.15 Å². The third kappa shape index (κ3) is 1.95. The lowest BCUT2D eigenvalue weighted by Crippen LogP contribution is -1.98. The molecule has 1 aromatic carbocycles. The van der Waals surface area contributed by atoms with Crippen LogP contribution >= 0.6 is 11.6 Å². The summed E-state index contributed by atoms with van der Waals surface area (Å²) in [6.07, 6.45) is 0. The van der Waals surface area contributed by atoms with Gasteiger partial charge in [0.25, 0.3) is 0 Å². The van der Waals surface area contributed by atoms with Crippen molar-refractivity contribution in [2.75, 3.05) is 11.5 Å². The van der Waals surface area contributed by atoms with Crippen molar-refractivity contribution in [3.05, 3.63) is 41.0 Å². The maximum absolute atomic E-state index is 5.91. The van der Waals surface area contributed by atoms with Crippen molar-refractivity contribution in [1.82, 2.24) is 4.98 Å². The van der Waals surface area contributed by atoms with Crippen molar-refractivity contribution in [1.29, 1.82) is 0 Å². The molecule has 0 saturated heterocycles. The minimum atomic E-state index is 0.455. The van der Waals surface area contributed by atoms with Crippen LogP contribution in [0.4, 0.5) is 11.4 Å². The summed E-state index contributed by atoms with van der Waals surface area (Å²) in [5.74, 6) is 0. The molecule has 16 heavy (non-hydrogen) atoms. The first-order valence-electron chi connectivity index (χ1n) is 4.86. The smallest absolute Gasteiger partial charge is 0.130 e. The summed E-state index contributed by atoms with van der Waals surface area (Å²) in [4.78, 5) is 4.24. The highest BCUT2D eigenvalue weighted by molar-refractivity contribution is 6.29. The largest absolute Gasteiger partial charge is 0.397 e. The number of pyridine rings is 1. The molecule has 1 heterocycles. The van der Waals surface area contributed by atoms with Gasteiger partial charge in [-0.05, 0) is 30.7 Å². The van der Waals surface area contributed by atoms with Gasteiger partial charge in [0.05, 0.1) is 17.1 Å². The van der Waals surface area contributed by atoms with Crippen molar-refractivity contribution in [2.45, 2.75) is 6.92 Å². The zero-order valence-corrected chi connectivity index (χ0v) is 9.62. The van der Waals surface area contributed by atoms with E-state index in [1.54, 1.807) is 12.1 Å². The van der Waals surface area contributed by atoms with Crippen molar-refractivity contribution >= 4 is 23.0 Å². The van der Waals surface area contributed by atoms with E-state index in [1.165, 1.54) is 0 Å². The number of rotatable bonds is 1. The maximum Gasteiger partial charge on any atom is 0.130 e. The van der Waals surface area contributed by atoms with Gasteiger partial charge in [-0.3, -0.25) is 0 Å². The Balaban J connectivity index is 2.63. The molecule has 0 aliphatic carbocycles. The van der Waals surface area contributed by atoms with Gasteiger partial charge in [-0.25, -0.2) is 4.98 Å². The fraction of sp³-hybridized carbons (Fsp3) is 0.0833. The highest BCUT2D eigenvalue weighted by atomic mass is 35.5. The number of aryl methyl sites for hydroxylation is 1. The molecule has 4 N–H and O–H groups in total. The van der Waals surface area contributed by atoms with Gasteiger partial charge in [0.2, 0.25) is 0 Å². The van der Waals surface area contributed by atoms with Gasteiger partial charge in [0.15, 0.2) is 0 Å². The third-order valence-corrected chi connectivity index (χ3v) is 2.55. The number of anilines is 2. The van der Waals surface area contributed by atoms with Crippen LogP contribution in [0.15, 0.2) is 30.3 Å². The normalized spacial score (nSPS) is 10.4. The Hall–Kier alpha value is -1.74. The Morgan fingerprint density at radius 3 is 2.62 bits per heavy atom. The summed E-state index contributed by atoms with van der Waals surface area (Å²) >= 11 is 5.91. The average molecular weight is 234 g/mol. The van der Waals surface area contributed by atoms with E-state index in [0.29, 0.717) is 16.5 Å². The minimum Gasteiger partial charge on any atom is -0.397 e. The number of para-hydroxylation sites is 1. The fourth-order valence-electron chi connectivity index (χ4n) is 1.57. The summed E-state index contributed by atoms with van der Waals surface area (Å²) in [5, 5.41) is 0.455. The van der Waals surface area contributed by atoms with Crippen LogP contribution in [0.25, 0.3) is 11.3 Å². The highest BCUT2D eigenvalue weighted by Gasteiger charge is 2.07. The molecule has 82 valence electrons. The van der Waals surface area contributed by atoms with Gasteiger partial charge in [-0.15, -0.1) is 0 Å². The molecule has 0 fully saturated rings. The Morgan fingerprint density at radius 1 is 1.19 bits per heavy atom. The molecule has 0 aliphatic heterocycles. The summed E-state index contributed by atoms with van der Waals surface area (Å²) in [7, 11) is 0. The van der Waals surface area contributed by atoms with E-state index in [0.717, 1.165) is 16.8 Å². The van der Waals surface area contributed by atoms with E-state index in [1.807, 2.05) is 25.1 Å². The standard InChI is InChI=1S/C12H12ClN3/c1-7-5-10(16-11(13)6-7)8-3-2-4-9(14)12(8)15/h2-6H,14-15H2,1H3. The van der Waals surface area contributed by atoms with Gasteiger partial charge in [-0.1, -0.05) is 23.7 Å². The van der Waals surface area contributed by atoms with Crippen LogP contribution in [0.5, 0.6) is 0 Å². The number of halogens is 1. The molecule has 0 unspecified atom stereocenters. The lowest BCUT2D eigenvalue weighted by atomic mass is 10.1. The van der Waals surface area contributed by atoms with Crippen LogP contribution in [0.1, 0.15) is 5.56 Å². The second-order valence-corrected chi connectivity index (χ2v) is 4.05. The van der Waals surface area contributed by atoms with E-state index in [2.05, 4.69) is 4.98 Å². The Morgan fingerprint density at radius 2 is 1.94 bits per heavy atom. The third-order valence-electron chi connectivity index (χ3n) is 2.35. The molecule has 4 heteroatoms. The topological polar surface area (TPSA) is 64.9 Å². The van der Waals surface area contributed by atoms with E-state index >= 15 is 0 Å². The predicted molar refractivity (Wildman–Crippen MR) is 68.2 cm³/mol. The molecule has 2 aromatic rings. The van der Waals surface area contributed by atoms with Crippen molar-refractivity contribution in [3.8, 4) is 11.3 Å². The second kappa shape index (κ2) is 4.02. The Bertz CT molecular complexity index is 518. The summed E-state index contributed by atoms with van der Waals surface area (Å²) in [5.41, 5.74) is 15.3. The van der Waals surface area contributed by atoms with Crippen molar-refractivity contribution < 1.29 is 0 Å². The molecule has 0 spiro atoms. The Labute approximate surface area is 99.1 Å². The zero-order valence-electron chi connectivity index (χ0n) is 8.87. The predicted octanol–water partition coefficient (Wildman–Crippen LogP) is 2.87. The molecule has 3 nitrogen and oxygen atoms in total. The van der Waals surface area contributed by atoms with Crippen LogP contribution in [0.3, 0.4) is 0 Å². The molecule has 0 atom stereocenters. The van der Waals surface area contributed by atoms with Gasteiger partial charge in [0, 0.05) is 5.56 Å². The zero-order chi connectivity index (χ0) is 11.7. The van der Waals surface area contributed by atoms with Gasteiger partial charge in [-0.2, -0.15) is 0 Å². The van der Waals surface area contributed by atoms with Crippen LogP contribution in [0, 0.1) is 6.92 Å². The first-order valence-corrected chi connectivity index (χ1v) is 5.24. The van der Waals surface area contributed by atoms with E-state index in [9.17, 15) is 0 Å². The van der Waals surface area contributed by atoms with Crippen LogP contribution in [-0.2, 0) is 0 Å². The molecule has 2 rings (SSSR count). The number of nitrogen functional groups attached to an aromatic ring is 2. The molecule has 0 radical (unpaired) electrons. The van der Waals surface area contributed by atoms with Crippen molar-refractivity contribution in [3.63, 3.8) is 0 Å². The Kier molecular flexibility index (Phi) is 2.71. The lowest BCUT2D eigenvalue weighted by Gasteiger charge is -2.08. The minimum absolute atomic E-state index is 0.455. The quantitative estimate of drug-likeness (QED) is 0.588. The second-order valence-electron chi connectivity index (χ2n) is 3.66. The van der Waals surface area contributed by atoms with Gasteiger partial charge in [0.1, 0.15) is 5.15 Å². The molecule has 0 aliphatic rings. The molecular formula is C12H12ClN3. The molecule has 1 aromatic heterocycles. The van der Waals surface area contributed by atoms with Crippen molar-refractivity contribution in [2.24, 2.45) is 0 Å². The fourth-order valence-corrected chi connectivity index (χ4v) is 1.83. The van der Waals surface area contributed by atoms with Gasteiger partial charge < -0.3 is 11.5 Å². The number of nitrogens with two attached hydrogens (primary N) is 2. The highest BCUT2D eigenvalue weighted by Crippen LogP contribution is 2.29. The van der Waals surface area contributed by atoms with Crippen LogP contribution < -0.4 is 11.5 Å². The van der Waals surface area contributed by atoms with E-state index in [4.69, 9.17) is 23.1 Å². The SMILES string of the molecule is Cc1cc(Cl)nc(-c2cccc(N)c2N)c1. The maximum atomic E-state index is 5.91. The summed E-state index contributed by atoms with van der Waals surface area (Å²) in [6.45, 7) is 1.96. The first-order chi connectivity index (χ1) is 7.58. The molecular weight excluding hydrogens is 222 g/mol. The monoisotopic (exact) mass is 233 g/mol. The van der Waals surface area contributed by atoms with Crippen LogP contribution in [-0.4, -0.2) is 4.98 Å². The first kappa shape index (κ1) is 10.8. The van der Waals surface area contributed by atoms with E-state index in [-0.39, 0.29) is 0 Å². The number of aromatic nitrogens is 1. The molecule has 0 bridgehead atoms. The van der Waals surface area contributed by atoms with Gasteiger partial charge >= 0.3 is 0 Å².